The summed E-state index contributed by atoms with van der Waals surface area (Å²) in [5.74, 6) is -0.750. The van der Waals surface area contributed by atoms with Crippen LogP contribution in [-0.2, 0) is 9.53 Å². The van der Waals surface area contributed by atoms with Crippen LogP contribution in [0.4, 0.5) is 0 Å². The molecule has 4 nitrogen and oxygen atoms in total. The van der Waals surface area contributed by atoms with Gasteiger partial charge in [0.25, 0.3) is 5.91 Å². The van der Waals surface area contributed by atoms with E-state index in [1.807, 2.05) is 31.2 Å². The molecule has 0 saturated carbocycles. The Balaban J connectivity index is 2.18. The minimum atomic E-state index is -0.805. The number of ether oxygens (including phenoxy) is 1. The van der Waals surface area contributed by atoms with Crippen molar-refractivity contribution in [2.45, 2.75) is 19.4 Å². The second-order valence-corrected chi connectivity index (χ2v) is 4.85. The van der Waals surface area contributed by atoms with Crippen LogP contribution in [0.2, 0.25) is 0 Å². The maximum absolute atomic E-state index is 12.3. The molecule has 0 spiro atoms. The molecule has 0 fully saturated rings. The van der Waals surface area contributed by atoms with Crippen LogP contribution in [-0.4, -0.2) is 18.5 Å². The highest BCUT2D eigenvalue weighted by Gasteiger charge is 2.24. The Hall–Kier alpha value is -2.62. The molecule has 114 valence electrons. The van der Waals surface area contributed by atoms with Crippen molar-refractivity contribution in [2.75, 3.05) is 6.61 Å². The van der Waals surface area contributed by atoms with Gasteiger partial charge in [-0.3, -0.25) is 4.79 Å². The van der Waals surface area contributed by atoms with Crippen molar-refractivity contribution in [1.29, 1.82) is 0 Å². The van der Waals surface area contributed by atoms with Crippen molar-refractivity contribution in [3.63, 3.8) is 0 Å². The highest BCUT2D eigenvalue weighted by Crippen LogP contribution is 2.15. The van der Waals surface area contributed by atoms with Gasteiger partial charge in [0.05, 0.1) is 6.61 Å². The fourth-order valence-corrected chi connectivity index (χ4v) is 2.01. The van der Waals surface area contributed by atoms with E-state index in [9.17, 15) is 9.59 Å². The van der Waals surface area contributed by atoms with Crippen LogP contribution in [0.25, 0.3) is 0 Å². The van der Waals surface area contributed by atoms with E-state index in [4.69, 9.17) is 4.74 Å². The molecular weight excluding hydrogens is 278 g/mol. The van der Waals surface area contributed by atoms with Crippen LogP contribution in [0, 0.1) is 0 Å². The molecule has 0 aliphatic rings. The summed E-state index contributed by atoms with van der Waals surface area (Å²) in [7, 11) is 0. The van der Waals surface area contributed by atoms with Crippen molar-refractivity contribution in [3.8, 4) is 0 Å². The summed E-state index contributed by atoms with van der Waals surface area (Å²) in [5.41, 5.74) is 1.21. The molecular formula is C18H19NO3. The Morgan fingerprint density at radius 3 is 2.18 bits per heavy atom. The quantitative estimate of drug-likeness (QED) is 0.834. The highest BCUT2D eigenvalue weighted by atomic mass is 16.5. The maximum Gasteiger partial charge on any atom is 0.333 e. The van der Waals surface area contributed by atoms with E-state index in [1.165, 1.54) is 0 Å². The molecule has 2 rings (SSSR count). The van der Waals surface area contributed by atoms with Crippen LogP contribution in [0.5, 0.6) is 0 Å². The van der Waals surface area contributed by atoms with Crippen molar-refractivity contribution in [3.05, 3.63) is 71.8 Å². The number of hydrogen-bond acceptors (Lipinski definition) is 3. The Bertz CT molecular complexity index is 611. The third-order valence-corrected chi connectivity index (χ3v) is 3.13. The van der Waals surface area contributed by atoms with E-state index in [0.29, 0.717) is 17.7 Å². The molecule has 0 unspecified atom stereocenters. The van der Waals surface area contributed by atoms with E-state index in [1.54, 1.807) is 36.4 Å². The van der Waals surface area contributed by atoms with Gasteiger partial charge in [-0.1, -0.05) is 55.5 Å². The molecule has 0 bridgehead atoms. The van der Waals surface area contributed by atoms with Gasteiger partial charge in [-0.25, -0.2) is 4.79 Å². The van der Waals surface area contributed by atoms with Crippen LogP contribution < -0.4 is 5.32 Å². The molecule has 0 aromatic heterocycles. The number of benzene rings is 2. The molecule has 0 saturated heterocycles. The lowest BCUT2D eigenvalue weighted by molar-refractivity contribution is -0.146. The fourth-order valence-electron chi connectivity index (χ4n) is 2.01. The van der Waals surface area contributed by atoms with Gasteiger partial charge in [-0.2, -0.15) is 0 Å². The van der Waals surface area contributed by atoms with E-state index >= 15 is 0 Å². The maximum atomic E-state index is 12.3. The van der Waals surface area contributed by atoms with Gasteiger partial charge in [0.1, 0.15) is 0 Å². The summed E-state index contributed by atoms with van der Waals surface area (Å²) >= 11 is 0. The van der Waals surface area contributed by atoms with Crippen LogP contribution in [0.1, 0.15) is 35.3 Å². The Morgan fingerprint density at radius 2 is 1.59 bits per heavy atom. The molecule has 22 heavy (non-hydrogen) atoms. The average molecular weight is 297 g/mol. The zero-order valence-corrected chi connectivity index (χ0v) is 12.5. The number of amides is 1. The zero-order valence-electron chi connectivity index (χ0n) is 12.5. The monoisotopic (exact) mass is 297 g/mol. The van der Waals surface area contributed by atoms with Gasteiger partial charge in [-0.15, -0.1) is 0 Å². The molecule has 0 aliphatic carbocycles. The molecule has 1 amide bonds. The number of carbonyl (C=O) groups excluding carboxylic acids is 2. The number of hydrogen-bond donors (Lipinski definition) is 1. The smallest absolute Gasteiger partial charge is 0.333 e. The molecule has 1 N–H and O–H groups in total. The Kier molecular flexibility index (Phi) is 5.72. The Morgan fingerprint density at radius 1 is 1.00 bits per heavy atom. The Labute approximate surface area is 130 Å². The van der Waals surface area contributed by atoms with Crippen molar-refractivity contribution in [1.82, 2.24) is 5.32 Å². The fraction of sp³-hybridized carbons (Fsp3) is 0.222. The highest BCUT2D eigenvalue weighted by molar-refractivity contribution is 5.97. The zero-order chi connectivity index (χ0) is 15.8. The van der Waals surface area contributed by atoms with Crippen molar-refractivity contribution < 1.29 is 14.3 Å². The van der Waals surface area contributed by atoms with E-state index in [-0.39, 0.29) is 5.91 Å². The minimum Gasteiger partial charge on any atom is -0.464 e. The first-order chi connectivity index (χ1) is 10.7. The normalized spacial score (nSPS) is 11.5. The van der Waals surface area contributed by atoms with Crippen molar-refractivity contribution in [2.24, 2.45) is 0 Å². The molecule has 2 aromatic carbocycles. The average Bonchev–Trinajstić information content (AvgIpc) is 2.59. The molecule has 2 aromatic rings. The summed E-state index contributed by atoms with van der Waals surface area (Å²) in [6.07, 6.45) is 0.736. The predicted octanol–water partition coefficient (Wildman–Crippen LogP) is 3.11. The van der Waals surface area contributed by atoms with Gasteiger partial charge in [0.15, 0.2) is 6.04 Å². The lowest BCUT2D eigenvalue weighted by Crippen LogP contribution is -2.35. The van der Waals surface area contributed by atoms with Gasteiger partial charge >= 0.3 is 5.97 Å². The van der Waals surface area contributed by atoms with Gasteiger partial charge < -0.3 is 10.1 Å². The number of rotatable bonds is 6. The standard InChI is InChI=1S/C18H19NO3/c1-2-13-22-18(21)16(14-9-5-3-6-10-14)19-17(20)15-11-7-4-8-12-15/h3-12,16H,2,13H2,1H3,(H,19,20)/t16-/m0/s1. The number of esters is 1. The SMILES string of the molecule is CCCOC(=O)[C@@H](NC(=O)c1ccccc1)c1ccccc1. The van der Waals surface area contributed by atoms with Crippen LogP contribution in [0.3, 0.4) is 0 Å². The van der Waals surface area contributed by atoms with E-state index in [2.05, 4.69) is 5.32 Å². The second-order valence-electron chi connectivity index (χ2n) is 4.85. The third-order valence-electron chi connectivity index (χ3n) is 3.13. The van der Waals surface area contributed by atoms with Gasteiger partial charge in [-0.05, 0) is 24.1 Å². The predicted molar refractivity (Wildman–Crippen MR) is 84.3 cm³/mol. The lowest BCUT2D eigenvalue weighted by Gasteiger charge is -2.18. The van der Waals surface area contributed by atoms with E-state index in [0.717, 1.165) is 6.42 Å². The molecule has 0 heterocycles. The molecule has 4 heteroatoms. The largest absolute Gasteiger partial charge is 0.464 e. The molecule has 0 aliphatic heterocycles. The van der Waals surface area contributed by atoms with Crippen LogP contribution in [0.15, 0.2) is 60.7 Å². The number of nitrogens with one attached hydrogen (secondary N) is 1. The van der Waals surface area contributed by atoms with Crippen molar-refractivity contribution >= 4 is 11.9 Å². The lowest BCUT2D eigenvalue weighted by atomic mass is 10.1. The summed E-state index contributed by atoms with van der Waals surface area (Å²) < 4.78 is 5.19. The molecule has 0 radical (unpaired) electrons. The summed E-state index contributed by atoms with van der Waals surface area (Å²) in [4.78, 5) is 24.5. The first-order valence-electron chi connectivity index (χ1n) is 7.30. The topological polar surface area (TPSA) is 55.4 Å². The summed E-state index contributed by atoms with van der Waals surface area (Å²) in [6, 6.07) is 17.1. The summed E-state index contributed by atoms with van der Waals surface area (Å²) in [6.45, 7) is 2.26. The first-order valence-corrected chi connectivity index (χ1v) is 7.30. The van der Waals surface area contributed by atoms with Gasteiger partial charge in [0, 0.05) is 5.56 Å². The van der Waals surface area contributed by atoms with E-state index < -0.39 is 12.0 Å². The molecule has 1 atom stereocenters. The van der Waals surface area contributed by atoms with Gasteiger partial charge in [0.2, 0.25) is 0 Å². The summed E-state index contributed by atoms with van der Waals surface area (Å²) in [5, 5.41) is 2.74. The van der Waals surface area contributed by atoms with Crippen LogP contribution >= 0.6 is 0 Å². The third kappa shape index (κ3) is 4.19. The first kappa shape index (κ1) is 15.8. The number of carbonyl (C=O) groups is 2. The second kappa shape index (κ2) is 7.98. The minimum absolute atomic E-state index is 0.303.